The first-order chi connectivity index (χ1) is 6.72. The van der Waals surface area contributed by atoms with Gasteiger partial charge in [0.2, 0.25) is 0 Å². The maximum absolute atomic E-state index is 11.5. The number of carboxylic acids is 1. The van der Waals surface area contributed by atoms with Gasteiger partial charge in [-0.1, -0.05) is 6.92 Å². The van der Waals surface area contributed by atoms with Crippen molar-refractivity contribution in [1.29, 1.82) is 0 Å². The molecule has 0 aromatic heterocycles. The number of aliphatic carboxylic acids is 1. The number of rotatable bonds is 5. The van der Waals surface area contributed by atoms with Crippen molar-refractivity contribution in [1.82, 2.24) is 0 Å². The van der Waals surface area contributed by atoms with Crippen LogP contribution < -0.4 is 0 Å². The fourth-order valence-corrected chi connectivity index (χ4v) is 1.08. The Morgan fingerprint density at radius 1 is 1.33 bits per heavy atom. The van der Waals surface area contributed by atoms with E-state index in [9.17, 15) is 9.59 Å². The van der Waals surface area contributed by atoms with E-state index in [0.717, 1.165) is 0 Å². The molecule has 0 rings (SSSR count). The number of hydrogen-bond acceptors (Lipinski definition) is 3. The second-order valence-electron chi connectivity index (χ2n) is 4.72. The van der Waals surface area contributed by atoms with E-state index < -0.39 is 11.6 Å². The zero-order valence-electron chi connectivity index (χ0n) is 9.87. The molecule has 0 aliphatic rings. The Bertz CT molecular complexity index is 227. The van der Waals surface area contributed by atoms with Gasteiger partial charge in [-0.2, -0.15) is 0 Å². The fourth-order valence-electron chi connectivity index (χ4n) is 1.08. The number of carbonyl (C=O) groups is 2. The van der Waals surface area contributed by atoms with Crippen LogP contribution in [0, 0.1) is 5.92 Å². The lowest BCUT2D eigenvalue weighted by Crippen LogP contribution is -2.27. The zero-order chi connectivity index (χ0) is 12.1. The van der Waals surface area contributed by atoms with Crippen LogP contribution in [0.4, 0.5) is 0 Å². The normalized spacial score (nSPS) is 13.3. The summed E-state index contributed by atoms with van der Waals surface area (Å²) in [7, 11) is 0. The standard InChI is InChI=1S/C11H20O4/c1-8(6-5-7-9(12)13)10(14)15-11(2,3)4/h8H,5-7H2,1-4H3,(H,12,13)/t8-/m0/s1. The average molecular weight is 216 g/mol. The first-order valence-electron chi connectivity index (χ1n) is 5.17. The highest BCUT2D eigenvalue weighted by Gasteiger charge is 2.21. The molecule has 0 unspecified atom stereocenters. The number of carboxylic acid groups (broad SMARTS) is 1. The van der Waals surface area contributed by atoms with Crippen LogP contribution in [-0.4, -0.2) is 22.6 Å². The molecule has 0 radical (unpaired) electrons. The van der Waals surface area contributed by atoms with Crippen LogP contribution >= 0.6 is 0 Å². The van der Waals surface area contributed by atoms with Crippen molar-refractivity contribution in [3.05, 3.63) is 0 Å². The second-order valence-corrected chi connectivity index (χ2v) is 4.72. The molecule has 0 spiro atoms. The SMILES string of the molecule is C[C@@H](CCCC(=O)O)C(=O)OC(C)(C)C. The van der Waals surface area contributed by atoms with Crippen LogP contribution in [-0.2, 0) is 14.3 Å². The molecular formula is C11H20O4. The molecule has 0 fully saturated rings. The van der Waals surface area contributed by atoms with E-state index in [1.807, 2.05) is 20.8 Å². The molecule has 1 atom stereocenters. The lowest BCUT2D eigenvalue weighted by molar-refractivity contribution is -0.159. The van der Waals surface area contributed by atoms with Gasteiger partial charge in [-0.15, -0.1) is 0 Å². The zero-order valence-corrected chi connectivity index (χ0v) is 9.87. The number of esters is 1. The smallest absolute Gasteiger partial charge is 0.309 e. The Hall–Kier alpha value is -1.06. The second kappa shape index (κ2) is 5.73. The molecule has 0 heterocycles. The highest BCUT2D eigenvalue weighted by atomic mass is 16.6. The van der Waals surface area contributed by atoms with Gasteiger partial charge in [-0.25, -0.2) is 0 Å². The van der Waals surface area contributed by atoms with Gasteiger partial charge in [0.25, 0.3) is 0 Å². The summed E-state index contributed by atoms with van der Waals surface area (Å²) < 4.78 is 5.17. The quantitative estimate of drug-likeness (QED) is 0.716. The molecule has 1 N–H and O–H groups in total. The van der Waals surface area contributed by atoms with Crippen LogP contribution in [0.15, 0.2) is 0 Å². The molecule has 0 saturated heterocycles. The first kappa shape index (κ1) is 13.9. The summed E-state index contributed by atoms with van der Waals surface area (Å²) in [5.74, 6) is -1.32. The Kier molecular flexibility index (Phi) is 5.33. The molecule has 4 nitrogen and oxygen atoms in total. The van der Waals surface area contributed by atoms with Crippen molar-refractivity contribution in [3.8, 4) is 0 Å². The summed E-state index contributed by atoms with van der Waals surface area (Å²) in [4.78, 5) is 21.7. The molecule has 0 aliphatic heterocycles. The summed E-state index contributed by atoms with van der Waals surface area (Å²) in [5, 5.41) is 8.44. The molecule has 0 bridgehead atoms. The van der Waals surface area contributed by atoms with Crippen molar-refractivity contribution in [2.75, 3.05) is 0 Å². The van der Waals surface area contributed by atoms with Gasteiger partial charge in [-0.05, 0) is 33.6 Å². The molecule has 0 aliphatic carbocycles. The van der Waals surface area contributed by atoms with E-state index in [-0.39, 0.29) is 18.3 Å². The fraction of sp³-hybridized carbons (Fsp3) is 0.818. The van der Waals surface area contributed by atoms with Gasteiger partial charge in [-0.3, -0.25) is 9.59 Å². The maximum Gasteiger partial charge on any atom is 0.309 e. The monoisotopic (exact) mass is 216 g/mol. The summed E-state index contributed by atoms with van der Waals surface area (Å²) in [6.45, 7) is 7.20. The summed E-state index contributed by atoms with van der Waals surface area (Å²) in [6, 6.07) is 0. The number of ether oxygens (including phenoxy) is 1. The molecule has 15 heavy (non-hydrogen) atoms. The van der Waals surface area contributed by atoms with E-state index in [1.165, 1.54) is 0 Å². The Labute approximate surface area is 90.6 Å². The lowest BCUT2D eigenvalue weighted by Gasteiger charge is -2.22. The lowest BCUT2D eigenvalue weighted by atomic mass is 10.0. The molecular weight excluding hydrogens is 196 g/mol. The van der Waals surface area contributed by atoms with Crippen molar-refractivity contribution >= 4 is 11.9 Å². The van der Waals surface area contributed by atoms with Crippen molar-refractivity contribution in [3.63, 3.8) is 0 Å². The van der Waals surface area contributed by atoms with Crippen LogP contribution in [0.2, 0.25) is 0 Å². The van der Waals surface area contributed by atoms with E-state index in [0.29, 0.717) is 12.8 Å². The van der Waals surface area contributed by atoms with Gasteiger partial charge in [0.05, 0.1) is 5.92 Å². The average Bonchev–Trinajstić information content (AvgIpc) is 1.99. The van der Waals surface area contributed by atoms with Crippen LogP contribution in [0.5, 0.6) is 0 Å². The number of hydrogen-bond donors (Lipinski definition) is 1. The van der Waals surface area contributed by atoms with Crippen molar-refractivity contribution in [2.24, 2.45) is 5.92 Å². The molecule has 0 aromatic carbocycles. The minimum Gasteiger partial charge on any atom is -0.481 e. The van der Waals surface area contributed by atoms with Gasteiger partial charge in [0.15, 0.2) is 0 Å². The molecule has 4 heteroatoms. The summed E-state index contributed by atoms with van der Waals surface area (Å²) in [6.07, 6.45) is 1.17. The molecule has 0 aromatic rings. The highest BCUT2D eigenvalue weighted by Crippen LogP contribution is 2.15. The number of carbonyl (C=O) groups excluding carboxylic acids is 1. The topological polar surface area (TPSA) is 63.6 Å². The van der Waals surface area contributed by atoms with E-state index in [2.05, 4.69) is 0 Å². The Balaban J connectivity index is 3.85. The van der Waals surface area contributed by atoms with Crippen LogP contribution in [0.25, 0.3) is 0 Å². The third-order valence-electron chi connectivity index (χ3n) is 1.84. The minimum absolute atomic E-state index is 0.104. The first-order valence-corrected chi connectivity index (χ1v) is 5.17. The van der Waals surface area contributed by atoms with E-state index in [1.54, 1.807) is 6.92 Å². The van der Waals surface area contributed by atoms with Crippen LogP contribution in [0.3, 0.4) is 0 Å². The largest absolute Gasteiger partial charge is 0.481 e. The summed E-state index contributed by atoms with van der Waals surface area (Å²) in [5.41, 5.74) is -0.474. The van der Waals surface area contributed by atoms with Gasteiger partial charge >= 0.3 is 11.9 Å². The van der Waals surface area contributed by atoms with E-state index in [4.69, 9.17) is 9.84 Å². The Morgan fingerprint density at radius 2 is 1.87 bits per heavy atom. The molecule has 0 amide bonds. The Morgan fingerprint density at radius 3 is 2.27 bits per heavy atom. The maximum atomic E-state index is 11.5. The van der Waals surface area contributed by atoms with Gasteiger partial charge in [0.1, 0.15) is 5.60 Å². The third kappa shape index (κ3) is 7.97. The molecule has 0 saturated carbocycles. The minimum atomic E-state index is -0.827. The predicted molar refractivity (Wildman–Crippen MR) is 56.5 cm³/mol. The van der Waals surface area contributed by atoms with E-state index >= 15 is 0 Å². The van der Waals surface area contributed by atoms with Crippen LogP contribution in [0.1, 0.15) is 47.0 Å². The van der Waals surface area contributed by atoms with Crippen molar-refractivity contribution < 1.29 is 19.4 Å². The summed E-state index contributed by atoms with van der Waals surface area (Å²) >= 11 is 0. The van der Waals surface area contributed by atoms with Crippen molar-refractivity contribution in [2.45, 2.75) is 52.6 Å². The highest BCUT2D eigenvalue weighted by molar-refractivity contribution is 5.72. The van der Waals surface area contributed by atoms with Gasteiger partial charge in [0, 0.05) is 6.42 Å². The predicted octanol–water partition coefficient (Wildman–Crippen LogP) is 2.22. The van der Waals surface area contributed by atoms with Gasteiger partial charge < -0.3 is 9.84 Å². The third-order valence-corrected chi connectivity index (χ3v) is 1.84. The molecule has 88 valence electrons.